The van der Waals surface area contributed by atoms with E-state index in [4.69, 9.17) is 4.74 Å². The summed E-state index contributed by atoms with van der Waals surface area (Å²) in [4.78, 5) is 22.9. The predicted octanol–water partition coefficient (Wildman–Crippen LogP) is 5.13. The number of Topliss-reactive ketones (excluding diaryl/α,β-unsaturated/α-hetero) is 1. The molecule has 3 nitrogen and oxygen atoms in total. The molecule has 1 atom stereocenters. The molecule has 0 aliphatic heterocycles. The molecule has 0 amide bonds. The molecule has 1 aromatic rings. The molecule has 0 fully saturated rings. The van der Waals surface area contributed by atoms with Gasteiger partial charge in [-0.1, -0.05) is 62.8 Å². The van der Waals surface area contributed by atoms with E-state index in [-0.39, 0.29) is 11.4 Å². The van der Waals surface area contributed by atoms with Crippen LogP contribution in [-0.4, -0.2) is 18.4 Å². The lowest BCUT2D eigenvalue weighted by atomic mass is 9.79. The third-order valence-electron chi connectivity index (χ3n) is 5.10. The van der Waals surface area contributed by atoms with Crippen molar-refractivity contribution in [1.29, 1.82) is 0 Å². The number of benzene rings is 1. The number of aryl methyl sites for hydroxylation is 1. The Kier molecular flexibility index (Phi) is 6.59. The van der Waals surface area contributed by atoms with Gasteiger partial charge < -0.3 is 4.74 Å². The summed E-state index contributed by atoms with van der Waals surface area (Å²) in [5, 5.41) is 0. The van der Waals surface area contributed by atoms with Gasteiger partial charge in [-0.25, -0.2) is 0 Å². The van der Waals surface area contributed by atoms with E-state index >= 15 is 0 Å². The second-order valence-electron chi connectivity index (χ2n) is 7.42. The van der Waals surface area contributed by atoms with Gasteiger partial charge in [0.25, 0.3) is 0 Å². The number of carbonyl (C=O) groups is 2. The standard InChI is InChI=1S/C21H30O3/c1-16-10-11-18-19(14-16)21(3,15-20(18)23)12-8-6-4-5-7-9-13-24-17(2)22/h10-11,14H,4-9,12-13,15H2,1-3H3/t21-/m1/s1. The lowest BCUT2D eigenvalue weighted by Gasteiger charge is -2.25. The summed E-state index contributed by atoms with van der Waals surface area (Å²) in [5.74, 6) is 0.114. The van der Waals surface area contributed by atoms with E-state index in [2.05, 4.69) is 19.9 Å². The summed E-state index contributed by atoms with van der Waals surface area (Å²) in [6.45, 7) is 6.34. The number of ether oxygens (including phenoxy) is 1. The van der Waals surface area contributed by atoms with Gasteiger partial charge in [0.2, 0.25) is 0 Å². The van der Waals surface area contributed by atoms with Crippen molar-refractivity contribution in [1.82, 2.24) is 0 Å². The van der Waals surface area contributed by atoms with Crippen LogP contribution in [0.5, 0.6) is 0 Å². The second-order valence-corrected chi connectivity index (χ2v) is 7.42. The zero-order valence-corrected chi connectivity index (χ0v) is 15.3. The second kappa shape index (κ2) is 8.46. The van der Waals surface area contributed by atoms with Crippen molar-refractivity contribution in [2.45, 2.75) is 77.6 Å². The highest BCUT2D eigenvalue weighted by molar-refractivity contribution is 6.02. The van der Waals surface area contributed by atoms with E-state index < -0.39 is 0 Å². The monoisotopic (exact) mass is 330 g/mol. The Hall–Kier alpha value is -1.64. The van der Waals surface area contributed by atoms with E-state index in [1.54, 1.807) is 0 Å². The van der Waals surface area contributed by atoms with Gasteiger partial charge in [0.05, 0.1) is 6.61 Å². The predicted molar refractivity (Wildman–Crippen MR) is 96.4 cm³/mol. The summed E-state index contributed by atoms with van der Waals surface area (Å²) < 4.78 is 4.93. The van der Waals surface area contributed by atoms with Gasteiger partial charge in [-0.2, -0.15) is 0 Å². The van der Waals surface area contributed by atoms with Crippen molar-refractivity contribution in [2.75, 3.05) is 6.61 Å². The Morgan fingerprint density at radius 3 is 2.50 bits per heavy atom. The number of fused-ring (bicyclic) bond motifs is 1. The lowest BCUT2D eigenvalue weighted by molar-refractivity contribution is -0.141. The molecule has 0 radical (unpaired) electrons. The molecule has 1 aromatic carbocycles. The van der Waals surface area contributed by atoms with Gasteiger partial charge in [0.15, 0.2) is 5.78 Å². The van der Waals surface area contributed by atoms with Gasteiger partial charge in [-0.3, -0.25) is 9.59 Å². The van der Waals surface area contributed by atoms with Crippen LogP contribution in [0.1, 0.15) is 86.7 Å². The maximum Gasteiger partial charge on any atom is 0.302 e. The normalized spacial score (nSPS) is 19.4. The van der Waals surface area contributed by atoms with Crippen LogP contribution in [-0.2, 0) is 14.9 Å². The molecular formula is C21H30O3. The smallest absolute Gasteiger partial charge is 0.302 e. The Labute approximate surface area is 145 Å². The first-order chi connectivity index (χ1) is 11.4. The maximum atomic E-state index is 12.2. The number of unbranched alkanes of at least 4 members (excludes halogenated alkanes) is 5. The third kappa shape index (κ3) is 4.93. The fourth-order valence-corrected chi connectivity index (χ4v) is 3.71. The summed E-state index contributed by atoms with van der Waals surface area (Å²) in [6.07, 6.45) is 8.59. The number of hydrogen-bond donors (Lipinski definition) is 0. The first-order valence-electron chi connectivity index (χ1n) is 9.20. The minimum atomic E-state index is -0.190. The van der Waals surface area contributed by atoms with E-state index in [1.807, 2.05) is 12.1 Å². The van der Waals surface area contributed by atoms with Crippen LogP contribution in [0.25, 0.3) is 0 Å². The van der Waals surface area contributed by atoms with Crippen LogP contribution in [0.15, 0.2) is 18.2 Å². The fraction of sp³-hybridized carbons (Fsp3) is 0.619. The Balaban J connectivity index is 1.69. The Morgan fingerprint density at radius 2 is 1.79 bits per heavy atom. The van der Waals surface area contributed by atoms with Crippen molar-refractivity contribution < 1.29 is 14.3 Å². The molecule has 2 rings (SSSR count). The van der Waals surface area contributed by atoms with Crippen LogP contribution in [0, 0.1) is 6.92 Å². The highest BCUT2D eigenvalue weighted by Gasteiger charge is 2.38. The van der Waals surface area contributed by atoms with Crippen LogP contribution in [0.3, 0.4) is 0 Å². The molecule has 1 aliphatic carbocycles. The van der Waals surface area contributed by atoms with Crippen LogP contribution < -0.4 is 0 Å². The van der Waals surface area contributed by atoms with Crippen LogP contribution >= 0.6 is 0 Å². The molecule has 3 heteroatoms. The first-order valence-corrected chi connectivity index (χ1v) is 9.20. The number of carbonyl (C=O) groups excluding carboxylic acids is 2. The van der Waals surface area contributed by atoms with Gasteiger partial charge >= 0.3 is 5.97 Å². The van der Waals surface area contributed by atoms with Crippen molar-refractivity contribution in [2.24, 2.45) is 0 Å². The molecule has 0 bridgehead atoms. The van der Waals surface area contributed by atoms with Gasteiger partial charge in [-0.15, -0.1) is 0 Å². The highest BCUT2D eigenvalue weighted by atomic mass is 16.5. The zero-order valence-electron chi connectivity index (χ0n) is 15.3. The number of esters is 1. The Bertz CT molecular complexity index is 591. The molecule has 0 saturated heterocycles. The topological polar surface area (TPSA) is 43.4 Å². The van der Waals surface area contributed by atoms with Crippen LogP contribution in [0.4, 0.5) is 0 Å². The lowest BCUT2D eigenvalue weighted by Crippen LogP contribution is -2.18. The largest absolute Gasteiger partial charge is 0.466 e. The van der Waals surface area contributed by atoms with Gasteiger partial charge in [-0.05, 0) is 25.3 Å². The Morgan fingerprint density at radius 1 is 1.12 bits per heavy atom. The molecule has 132 valence electrons. The average Bonchev–Trinajstić information content (AvgIpc) is 2.76. The molecule has 1 aliphatic rings. The maximum absolute atomic E-state index is 12.2. The van der Waals surface area contributed by atoms with E-state index in [0.717, 1.165) is 24.8 Å². The van der Waals surface area contributed by atoms with Crippen LogP contribution in [0.2, 0.25) is 0 Å². The summed E-state index contributed by atoms with van der Waals surface area (Å²) in [7, 11) is 0. The van der Waals surface area contributed by atoms with Crippen molar-refractivity contribution in [3.8, 4) is 0 Å². The van der Waals surface area contributed by atoms with E-state index in [9.17, 15) is 9.59 Å². The van der Waals surface area contributed by atoms with E-state index in [0.29, 0.717) is 18.8 Å². The zero-order chi connectivity index (χ0) is 17.6. The van der Waals surface area contributed by atoms with Crippen molar-refractivity contribution in [3.05, 3.63) is 34.9 Å². The summed E-state index contributed by atoms with van der Waals surface area (Å²) in [6, 6.07) is 6.24. The number of ketones is 1. The van der Waals surface area contributed by atoms with Crippen molar-refractivity contribution in [3.63, 3.8) is 0 Å². The SMILES string of the molecule is CC(=O)OCCCCCCCC[C@]1(C)CC(=O)c2ccc(C)cc21. The summed E-state index contributed by atoms with van der Waals surface area (Å²) >= 11 is 0. The quantitative estimate of drug-likeness (QED) is 0.465. The number of rotatable bonds is 9. The molecular weight excluding hydrogens is 300 g/mol. The highest BCUT2D eigenvalue weighted by Crippen LogP contribution is 2.42. The van der Waals surface area contributed by atoms with Crippen molar-refractivity contribution >= 4 is 11.8 Å². The average molecular weight is 330 g/mol. The molecule has 0 saturated carbocycles. The molecule has 0 unspecified atom stereocenters. The fourth-order valence-electron chi connectivity index (χ4n) is 3.71. The molecule has 0 aromatic heterocycles. The molecule has 0 spiro atoms. The third-order valence-corrected chi connectivity index (χ3v) is 5.10. The molecule has 0 heterocycles. The summed E-state index contributed by atoms with van der Waals surface area (Å²) in [5.41, 5.74) is 3.46. The minimum Gasteiger partial charge on any atom is -0.466 e. The molecule has 24 heavy (non-hydrogen) atoms. The molecule has 0 N–H and O–H groups in total. The number of hydrogen-bond acceptors (Lipinski definition) is 3. The van der Waals surface area contributed by atoms with Gasteiger partial charge in [0.1, 0.15) is 0 Å². The minimum absolute atomic E-state index is 0.0216. The van der Waals surface area contributed by atoms with E-state index in [1.165, 1.54) is 43.7 Å². The van der Waals surface area contributed by atoms with Gasteiger partial charge in [0, 0.05) is 24.3 Å². The first kappa shape index (κ1) is 18.7.